The van der Waals surface area contributed by atoms with E-state index in [0.29, 0.717) is 12.3 Å². The van der Waals surface area contributed by atoms with Crippen molar-refractivity contribution in [3.63, 3.8) is 0 Å². The van der Waals surface area contributed by atoms with E-state index in [1.54, 1.807) is 0 Å². The van der Waals surface area contributed by atoms with Crippen LogP contribution in [0.2, 0.25) is 0 Å². The van der Waals surface area contributed by atoms with Gasteiger partial charge in [0.2, 0.25) is 0 Å². The van der Waals surface area contributed by atoms with Gasteiger partial charge in [-0.3, -0.25) is 9.20 Å². The summed E-state index contributed by atoms with van der Waals surface area (Å²) in [5.41, 5.74) is 1.24. The molecule has 0 aliphatic rings. The Kier molecular flexibility index (Phi) is 7.59. The van der Waals surface area contributed by atoms with Gasteiger partial charge >= 0.3 is 0 Å². The van der Waals surface area contributed by atoms with E-state index in [9.17, 15) is 4.21 Å². The minimum atomic E-state index is -0.862. The number of aliphatic imine (C=N–C) groups is 1. The molecule has 0 aromatic heterocycles. The molecule has 0 aliphatic carbocycles. The standard InChI is InChI=1S/C17H29N3OS/c1-6-18-16(19-12-13-22(21)17(2,3)4)20(5)14-15-10-8-7-9-11-15/h7-11H,6,12-14H2,1-5H3,(H,18,19). The highest BCUT2D eigenvalue weighted by molar-refractivity contribution is 7.86. The van der Waals surface area contributed by atoms with E-state index in [2.05, 4.69) is 34.3 Å². The SMILES string of the molecule is CCNC(=NCCS(=O)C(C)(C)C)N(C)Cc1ccccc1. The number of hydrogen-bond acceptors (Lipinski definition) is 2. The first-order valence-corrected chi connectivity index (χ1v) is 9.08. The van der Waals surface area contributed by atoms with Crippen molar-refractivity contribution in [2.24, 2.45) is 4.99 Å². The number of hydrogen-bond donors (Lipinski definition) is 1. The second-order valence-electron chi connectivity index (χ2n) is 6.24. The van der Waals surface area contributed by atoms with Crippen LogP contribution in [0.5, 0.6) is 0 Å². The molecule has 0 aliphatic heterocycles. The van der Waals surface area contributed by atoms with E-state index in [4.69, 9.17) is 0 Å². The monoisotopic (exact) mass is 323 g/mol. The van der Waals surface area contributed by atoms with Crippen molar-refractivity contribution in [2.75, 3.05) is 25.9 Å². The summed E-state index contributed by atoms with van der Waals surface area (Å²) in [5, 5.41) is 3.29. The second-order valence-corrected chi connectivity index (χ2v) is 8.56. The smallest absolute Gasteiger partial charge is 0.193 e. The quantitative estimate of drug-likeness (QED) is 0.646. The van der Waals surface area contributed by atoms with Gasteiger partial charge in [-0.05, 0) is 33.3 Å². The summed E-state index contributed by atoms with van der Waals surface area (Å²) in [6, 6.07) is 10.3. The zero-order valence-electron chi connectivity index (χ0n) is 14.4. The number of nitrogens with zero attached hydrogens (tertiary/aromatic N) is 2. The average molecular weight is 324 g/mol. The van der Waals surface area contributed by atoms with Gasteiger partial charge in [0.15, 0.2) is 5.96 Å². The van der Waals surface area contributed by atoms with E-state index >= 15 is 0 Å². The van der Waals surface area contributed by atoms with Gasteiger partial charge in [0.25, 0.3) is 0 Å². The average Bonchev–Trinajstić information content (AvgIpc) is 2.46. The summed E-state index contributed by atoms with van der Waals surface area (Å²) in [7, 11) is 1.16. The molecule has 1 unspecified atom stereocenters. The van der Waals surface area contributed by atoms with Crippen molar-refractivity contribution in [1.82, 2.24) is 10.2 Å². The van der Waals surface area contributed by atoms with Gasteiger partial charge in [-0.1, -0.05) is 30.3 Å². The highest BCUT2D eigenvalue weighted by atomic mass is 32.2. The van der Waals surface area contributed by atoms with Crippen LogP contribution in [0.15, 0.2) is 35.3 Å². The predicted molar refractivity (Wildman–Crippen MR) is 96.7 cm³/mol. The van der Waals surface area contributed by atoms with Crippen LogP contribution in [-0.2, 0) is 17.3 Å². The summed E-state index contributed by atoms with van der Waals surface area (Å²) in [4.78, 5) is 6.70. The first-order valence-electron chi connectivity index (χ1n) is 7.76. The third kappa shape index (κ3) is 6.60. The highest BCUT2D eigenvalue weighted by Gasteiger charge is 2.18. The topological polar surface area (TPSA) is 44.7 Å². The Morgan fingerprint density at radius 2 is 1.91 bits per heavy atom. The molecule has 0 amide bonds. The van der Waals surface area contributed by atoms with E-state index in [1.165, 1.54) is 5.56 Å². The zero-order chi connectivity index (χ0) is 16.6. The van der Waals surface area contributed by atoms with Gasteiger partial charge < -0.3 is 10.2 Å². The fourth-order valence-electron chi connectivity index (χ4n) is 1.94. The van der Waals surface area contributed by atoms with Crippen LogP contribution in [0.4, 0.5) is 0 Å². The summed E-state index contributed by atoms with van der Waals surface area (Å²) >= 11 is 0. The fourth-order valence-corrected chi connectivity index (χ4v) is 2.81. The molecule has 0 heterocycles. The molecule has 4 nitrogen and oxygen atoms in total. The predicted octanol–water partition coefficient (Wildman–Crippen LogP) is 2.63. The van der Waals surface area contributed by atoms with Crippen LogP contribution in [-0.4, -0.2) is 45.7 Å². The van der Waals surface area contributed by atoms with Crippen LogP contribution in [0.25, 0.3) is 0 Å². The molecular weight excluding hydrogens is 294 g/mol. The summed E-state index contributed by atoms with van der Waals surface area (Å²) < 4.78 is 11.9. The van der Waals surface area contributed by atoms with Gasteiger partial charge in [0, 0.05) is 41.4 Å². The van der Waals surface area contributed by atoms with Gasteiger partial charge in [0.05, 0.1) is 6.54 Å². The molecule has 0 spiro atoms. The molecule has 5 heteroatoms. The molecule has 1 aromatic carbocycles. The number of guanidine groups is 1. The minimum absolute atomic E-state index is 0.177. The number of nitrogens with one attached hydrogen (secondary N) is 1. The Bertz CT molecular complexity index is 494. The fraction of sp³-hybridized carbons (Fsp3) is 0.588. The normalized spacial score (nSPS) is 13.8. The lowest BCUT2D eigenvalue weighted by Gasteiger charge is -2.22. The second kappa shape index (κ2) is 8.93. The molecule has 0 fully saturated rings. The summed E-state index contributed by atoms with van der Waals surface area (Å²) in [6.07, 6.45) is 0. The van der Waals surface area contributed by atoms with Crippen molar-refractivity contribution in [3.05, 3.63) is 35.9 Å². The van der Waals surface area contributed by atoms with Crippen LogP contribution in [0.1, 0.15) is 33.3 Å². The van der Waals surface area contributed by atoms with Gasteiger partial charge in [-0.15, -0.1) is 0 Å². The van der Waals surface area contributed by atoms with E-state index in [0.717, 1.165) is 19.0 Å². The molecular formula is C17H29N3OS. The van der Waals surface area contributed by atoms with Crippen molar-refractivity contribution in [2.45, 2.75) is 39.0 Å². The molecule has 1 rings (SSSR count). The Morgan fingerprint density at radius 1 is 1.27 bits per heavy atom. The van der Waals surface area contributed by atoms with Gasteiger partial charge in [-0.25, -0.2) is 0 Å². The largest absolute Gasteiger partial charge is 0.357 e. The van der Waals surface area contributed by atoms with E-state index in [1.807, 2.05) is 46.0 Å². The molecule has 1 aromatic rings. The Hall–Kier alpha value is -1.36. The Labute approximate surface area is 137 Å². The van der Waals surface area contributed by atoms with Crippen LogP contribution in [0.3, 0.4) is 0 Å². The van der Waals surface area contributed by atoms with Crippen molar-refractivity contribution in [3.8, 4) is 0 Å². The van der Waals surface area contributed by atoms with E-state index < -0.39 is 10.8 Å². The molecule has 0 bridgehead atoms. The molecule has 124 valence electrons. The summed E-state index contributed by atoms with van der Waals surface area (Å²) in [5.74, 6) is 1.45. The Morgan fingerprint density at radius 3 is 2.45 bits per heavy atom. The third-order valence-electron chi connectivity index (χ3n) is 3.18. The summed E-state index contributed by atoms with van der Waals surface area (Å²) in [6.45, 7) is 10.2. The van der Waals surface area contributed by atoms with Gasteiger partial charge in [0.1, 0.15) is 0 Å². The molecule has 0 saturated carbocycles. The number of rotatable bonds is 6. The molecule has 0 radical (unpaired) electrons. The Balaban J connectivity index is 2.63. The third-order valence-corrected chi connectivity index (χ3v) is 5.10. The van der Waals surface area contributed by atoms with Crippen molar-refractivity contribution < 1.29 is 4.21 Å². The van der Waals surface area contributed by atoms with Crippen molar-refractivity contribution in [1.29, 1.82) is 0 Å². The molecule has 1 N–H and O–H groups in total. The van der Waals surface area contributed by atoms with Gasteiger partial charge in [-0.2, -0.15) is 0 Å². The van der Waals surface area contributed by atoms with Crippen LogP contribution in [0, 0.1) is 0 Å². The maximum absolute atomic E-state index is 12.1. The van der Waals surface area contributed by atoms with E-state index in [-0.39, 0.29) is 4.75 Å². The highest BCUT2D eigenvalue weighted by Crippen LogP contribution is 2.11. The van der Waals surface area contributed by atoms with Crippen LogP contribution >= 0.6 is 0 Å². The van der Waals surface area contributed by atoms with Crippen molar-refractivity contribution >= 4 is 16.8 Å². The molecule has 0 saturated heterocycles. The zero-order valence-corrected chi connectivity index (χ0v) is 15.2. The lowest BCUT2D eigenvalue weighted by Crippen LogP contribution is -2.39. The van der Waals surface area contributed by atoms with Crippen LogP contribution < -0.4 is 5.32 Å². The first kappa shape index (κ1) is 18.7. The lowest BCUT2D eigenvalue weighted by molar-refractivity contribution is 0.477. The minimum Gasteiger partial charge on any atom is -0.357 e. The maximum atomic E-state index is 12.1. The first-order chi connectivity index (χ1) is 10.3. The maximum Gasteiger partial charge on any atom is 0.193 e. The molecule has 1 atom stereocenters. The molecule has 22 heavy (non-hydrogen) atoms. The number of benzene rings is 1. The lowest BCUT2D eigenvalue weighted by atomic mass is 10.2.